The van der Waals surface area contributed by atoms with Crippen LogP contribution in [0.3, 0.4) is 0 Å². The van der Waals surface area contributed by atoms with Gasteiger partial charge in [0.05, 0.1) is 0 Å². The maximum absolute atomic E-state index is 4.49. The van der Waals surface area contributed by atoms with E-state index >= 15 is 0 Å². The third-order valence-corrected chi connectivity index (χ3v) is 4.04. The van der Waals surface area contributed by atoms with E-state index < -0.39 is 0 Å². The molecule has 1 aromatic heterocycles. The van der Waals surface area contributed by atoms with Crippen molar-refractivity contribution in [2.24, 2.45) is 5.92 Å². The van der Waals surface area contributed by atoms with Crippen LogP contribution < -0.4 is 10.6 Å². The van der Waals surface area contributed by atoms with Gasteiger partial charge < -0.3 is 10.6 Å². The summed E-state index contributed by atoms with van der Waals surface area (Å²) in [5.41, 5.74) is 1.22. The van der Waals surface area contributed by atoms with Crippen molar-refractivity contribution >= 4 is 11.6 Å². The molecule has 20 heavy (non-hydrogen) atoms. The monoisotopic (exact) mass is 276 g/mol. The van der Waals surface area contributed by atoms with Crippen molar-refractivity contribution in [2.45, 2.75) is 65.3 Å². The molecule has 0 bridgehead atoms. The van der Waals surface area contributed by atoms with Crippen LogP contribution in [0.1, 0.15) is 64.9 Å². The summed E-state index contributed by atoms with van der Waals surface area (Å²) in [7, 11) is 0. The number of rotatable bonds is 6. The van der Waals surface area contributed by atoms with Gasteiger partial charge in [0, 0.05) is 18.2 Å². The molecule has 2 N–H and O–H groups in total. The van der Waals surface area contributed by atoms with E-state index in [9.17, 15) is 0 Å². The fourth-order valence-corrected chi connectivity index (χ4v) is 2.97. The molecule has 2 atom stereocenters. The summed E-state index contributed by atoms with van der Waals surface area (Å²) in [4.78, 5) is 8.92. The second kappa shape index (κ2) is 6.91. The smallest absolute Gasteiger partial charge is 0.135 e. The second-order valence-electron chi connectivity index (χ2n) is 6.33. The Labute approximate surface area is 122 Å². The summed E-state index contributed by atoms with van der Waals surface area (Å²) in [5, 5.41) is 7.07. The van der Waals surface area contributed by atoms with Gasteiger partial charge in [0.25, 0.3) is 0 Å². The molecule has 1 heterocycles. The molecule has 1 aromatic rings. The van der Waals surface area contributed by atoms with Gasteiger partial charge in [-0.25, -0.2) is 9.97 Å². The number of nitrogens with one attached hydrogen (secondary N) is 2. The van der Waals surface area contributed by atoms with Crippen molar-refractivity contribution in [3.63, 3.8) is 0 Å². The van der Waals surface area contributed by atoms with Gasteiger partial charge in [-0.05, 0) is 37.5 Å². The van der Waals surface area contributed by atoms with E-state index in [1.165, 1.54) is 24.8 Å². The minimum Gasteiger partial charge on any atom is -0.370 e. The molecule has 1 aliphatic rings. The molecule has 2 unspecified atom stereocenters. The van der Waals surface area contributed by atoms with E-state index in [2.05, 4.69) is 48.3 Å². The Morgan fingerprint density at radius 3 is 2.60 bits per heavy atom. The van der Waals surface area contributed by atoms with E-state index in [-0.39, 0.29) is 0 Å². The highest BCUT2D eigenvalue weighted by molar-refractivity contribution is 5.59. The van der Waals surface area contributed by atoms with E-state index in [1.807, 2.05) is 0 Å². The first-order valence-corrected chi connectivity index (χ1v) is 7.97. The van der Waals surface area contributed by atoms with Gasteiger partial charge in [-0.3, -0.25) is 0 Å². The largest absolute Gasteiger partial charge is 0.370 e. The van der Waals surface area contributed by atoms with Crippen molar-refractivity contribution in [1.29, 1.82) is 0 Å². The fourth-order valence-electron chi connectivity index (χ4n) is 2.97. The number of aromatic nitrogens is 2. The molecule has 0 radical (unpaired) electrons. The van der Waals surface area contributed by atoms with Crippen LogP contribution in [0.15, 0.2) is 6.33 Å². The first-order chi connectivity index (χ1) is 9.61. The summed E-state index contributed by atoms with van der Waals surface area (Å²) in [5.74, 6) is 3.25. The van der Waals surface area contributed by atoms with E-state index in [4.69, 9.17) is 0 Å². The predicted octanol–water partition coefficient (Wildman–Crippen LogP) is 4.02. The molecule has 0 aliphatic heterocycles. The average molecular weight is 276 g/mol. The van der Waals surface area contributed by atoms with Gasteiger partial charge in [-0.15, -0.1) is 0 Å². The zero-order valence-electron chi connectivity index (χ0n) is 13.2. The number of anilines is 2. The Morgan fingerprint density at radius 1 is 1.25 bits per heavy atom. The summed E-state index contributed by atoms with van der Waals surface area (Å²) < 4.78 is 0. The Kier molecular flexibility index (Phi) is 5.21. The normalized spacial score (nSPS) is 22.2. The lowest BCUT2D eigenvalue weighted by molar-refractivity contribution is 0.602. The number of hydrogen-bond acceptors (Lipinski definition) is 4. The highest BCUT2D eigenvalue weighted by atomic mass is 15.1. The van der Waals surface area contributed by atoms with Crippen LogP contribution in [-0.2, 0) is 0 Å². The first-order valence-electron chi connectivity index (χ1n) is 7.97. The standard InChI is InChI=1S/C16H28N4/c1-5-8-17-15-14(11(2)3)16(19-10-18-15)20-13-7-6-12(4)9-13/h10-13H,5-9H2,1-4H3,(H2,17,18,19,20). The summed E-state index contributed by atoms with van der Waals surface area (Å²) in [6, 6.07) is 0.566. The molecule has 1 aliphatic carbocycles. The Morgan fingerprint density at radius 2 is 2.00 bits per heavy atom. The molecule has 0 saturated heterocycles. The highest BCUT2D eigenvalue weighted by Crippen LogP contribution is 2.32. The zero-order valence-corrected chi connectivity index (χ0v) is 13.2. The summed E-state index contributed by atoms with van der Waals surface area (Å²) in [6.45, 7) is 9.87. The summed E-state index contributed by atoms with van der Waals surface area (Å²) >= 11 is 0. The lowest BCUT2D eigenvalue weighted by atomic mass is 10.0. The maximum atomic E-state index is 4.49. The fraction of sp³-hybridized carbons (Fsp3) is 0.750. The molecule has 0 spiro atoms. The lowest BCUT2D eigenvalue weighted by Gasteiger charge is -2.20. The van der Waals surface area contributed by atoms with Crippen molar-refractivity contribution in [2.75, 3.05) is 17.2 Å². The van der Waals surface area contributed by atoms with Crippen LogP contribution in [0.25, 0.3) is 0 Å². The van der Waals surface area contributed by atoms with E-state index in [0.29, 0.717) is 12.0 Å². The molecule has 1 saturated carbocycles. The molecule has 112 valence electrons. The Balaban J connectivity index is 2.18. The molecule has 0 amide bonds. The number of hydrogen-bond donors (Lipinski definition) is 2. The lowest BCUT2D eigenvalue weighted by Crippen LogP contribution is -2.19. The topological polar surface area (TPSA) is 49.8 Å². The van der Waals surface area contributed by atoms with Gasteiger partial charge in [-0.1, -0.05) is 27.7 Å². The maximum Gasteiger partial charge on any atom is 0.135 e. The van der Waals surface area contributed by atoms with Crippen LogP contribution >= 0.6 is 0 Å². The average Bonchev–Trinajstić information content (AvgIpc) is 2.81. The quantitative estimate of drug-likeness (QED) is 0.824. The molecule has 1 fully saturated rings. The third kappa shape index (κ3) is 3.62. The van der Waals surface area contributed by atoms with Crippen molar-refractivity contribution < 1.29 is 0 Å². The number of nitrogens with zero attached hydrogens (tertiary/aromatic N) is 2. The van der Waals surface area contributed by atoms with Crippen molar-refractivity contribution in [3.05, 3.63) is 11.9 Å². The van der Waals surface area contributed by atoms with Gasteiger partial charge in [-0.2, -0.15) is 0 Å². The molecule has 4 heteroatoms. The molecule has 4 nitrogen and oxygen atoms in total. The van der Waals surface area contributed by atoms with Crippen LogP contribution in [0.5, 0.6) is 0 Å². The van der Waals surface area contributed by atoms with Gasteiger partial charge in [0.15, 0.2) is 0 Å². The third-order valence-electron chi connectivity index (χ3n) is 4.04. The summed E-state index contributed by atoms with van der Waals surface area (Å²) in [6.07, 6.45) is 6.59. The zero-order chi connectivity index (χ0) is 14.5. The molecular weight excluding hydrogens is 248 g/mol. The second-order valence-corrected chi connectivity index (χ2v) is 6.33. The van der Waals surface area contributed by atoms with Crippen molar-refractivity contribution in [1.82, 2.24) is 9.97 Å². The first kappa shape index (κ1) is 15.1. The van der Waals surface area contributed by atoms with E-state index in [1.54, 1.807) is 6.33 Å². The van der Waals surface area contributed by atoms with E-state index in [0.717, 1.165) is 30.5 Å². The van der Waals surface area contributed by atoms with Crippen molar-refractivity contribution in [3.8, 4) is 0 Å². The Hall–Kier alpha value is -1.32. The minimum atomic E-state index is 0.414. The van der Waals surface area contributed by atoms with Gasteiger partial charge >= 0.3 is 0 Å². The van der Waals surface area contributed by atoms with Gasteiger partial charge in [0.2, 0.25) is 0 Å². The predicted molar refractivity (Wildman–Crippen MR) is 85.3 cm³/mol. The van der Waals surface area contributed by atoms with Gasteiger partial charge in [0.1, 0.15) is 18.0 Å². The Bertz CT molecular complexity index is 430. The van der Waals surface area contributed by atoms with Crippen LogP contribution in [0.2, 0.25) is 0 Å². The highest BCUT2D eigenvalue weighted by Gasteiger charge is 2.23. The molecule has 2 rings (SSSR count). The molecule has 0 aromatic carbocycles. The minimum absolute atomic E-state index is 0.414. The van der Waals surface area contributed by atoms with Crippen LogP contribution in [0, 0.1) is 5.92 Å². The van der Waals surface area contributed by atoms with Crippen LogP contribution in [-0.4, -0.2) is 22.6 Å². The molecular formula is C16H28N4. The SMILES string of the molecule is CCCNc1ncnc(NC2CCC(C)C2)c1C(C)C. The van der Waals surface area contributed by atoms with Crippen LogP contribution in [0.4, 0.5) is 11.6 Å².